The van der Waals surface area contributed by atoms with Gasteiger partial charge in [0, 0.05) is 11.9 Å². The SMILES string of the molecule is Cc1ccn(-c2cc(C(=O)O)cc(C(C)C)n2)n1. The highest BCUT2D eigenvalue weighted by molar-refractivity contribution is 5.88. The van der Waals surface area contributed by atoms with Crippen LogP contribution in [0.15, 0.2) is 24.4 Å². The normalized spacial score (nSPS) is 10.9. The van der Waals surface area contributed by atoms with E-state index in [-0.39, 0.29) is 11.5 Å². The van der Waals surface area contributed by atoms with Crippen molar-refractivity contribution < 1.29 is 9.90 Å². The molecule has 0 fully saturated rings. The molecule has 0 atom stereocenters. The molecule has 0 bridgehead atoms. The van der Waals surface area contributed by atoms with Crippen LogP contribution < -0.4 is 0 Å². The summed E-state index contributed by atoms with van der Waals surface area (Å²) in [5, 5.41) is 13.4. The van der Waals surface area contributed by atoms with Crippen molar-refractivity contribution in [2.75, 3.05) is 0 Å². The van der Waals surface area contributed by atoms with Gasteiger partial charge in [-0.15, -0.1) is 0 Å². The number of pyridine rings is 1. The molecule has 0 radical (unpaired) electrons. The fraction of sp³-hybridized carbons (Fsp3) is 0.308. The van der Waals surface area contributed by atoms with Gasteiger partial charge in [-0.05, 0) is 31.0 Å². The maximum Gasteiger partial charge on any atom is 0.335 e. The molecule has 0 aliphatic carbocycles. The van der Waals surface area contributed by atoms with Gasteiger partial charge in [-0.2, -0.15) is 5.10 Å². The van der Waals surface area contributed by atoms with Gasteiger partial charge in [0.15, 0.2) is 5.82 Å². The van der Waals surface area contributed by atoms with Gasteiger partial charge in [-0.25, -0.2) is 14.5 Å². The van der Waals surface area contributed by atoms with E-state index in [0.717, 1.165) is 11.4 Å². The summed E-state index contributed by atoms with van der Waals surface area (Å²) in [5.74, 6) is -0.254. The number of carboxylic acid groups (broad SMARTS) is 1. The quantitative estimate of drug-likeness (QED) is 0.901. The molecular formula is C13H15N3O2. The summed E-state index contributed by atoms with van der Waals surface area (Å²) in [6.45, 7) is 5.83. The highest BCUT2D eigenvalue weighted by Gasteiger charge is 2.12. The molecule has 5 nitrogen and oxygen atoms in total. The molecule has 0 aliphatic heterocycles. The lowest BCUT2D eigenvalue weighted by molar-refractivity contribution is 0.0696. The molecule has 0 saturated carbocycles. The molecule has 0 aromatic carbocycles. The Balaban J connectivity index is 2.56. The van der Waals surface area contributed by atoms with Crippen molar-refractivity contribution in [3.8, 4) is 5.82 Å². The number of hydrogen-bond donors (Lipinski definition) is 1. The number of rotatable bonds is 3. The van der Waals surface area contributed by atoms with Gasteiger partial charge in [0.05, 0.1) is 11.3 Å². The number of carbonyl (C=O) groups is 1. The van der Waals surface area contributed by atoms with Crippen LogP contribution in [0.25, 0.3) is 5.82 Å². The van der Waals surface area contributed by atoms with E-state index >= 15 is 0 Å². The molecule has 0 saturated heterocycles. The van der Waals surface area contributed by atoms with Gasteiger partial charge >= 0.3 is 5.97 Å². The second-order valence-electron chi connectivity index (χ2n) is 4.50. The van der Waals surface area contributed by atoms with Crippen molar-refractivity contribution in [2.45, 2.75) is 26.7 Å². The van der Waals surface area contributed by atoms with Crippen LogP contribution in [-0.2, 0) is 0 Å². The molecular weight excluding hydrogens is 230 g/mol. The second kappa shape index (κ2) is 4.60. The van der Waals surface area contributed by atoms with E-state index in [2.05, 4.69) is 10.1 Å². The van der Waals surface area contributed by atoms with Crippen molar-refractivity contribution in [3.05, 3.63) is 41.3 Å². The Morgan fingerprint density at radius 3 is 2.61 bits per heavy atom. The van der Waals surface area contributed by atoms with Gasteiger partial charge in [-0.3, -0.25) is 0 Å². The summed E-state index contributed by atoms with van der Waals surface area (Å²) in [4.78, 5) is 15.5. The Morgan fingerprint density at radius 1 is 1.39 bits per heavy atom. The summed E-state index contributed by atoms with van der Waals surface area (Å²) >= 11 is 0. The number of aromatic nitrogens is 3. The third-order valence-corrected chi connectivity index (χ3v) is 2.63. The van der Waals surface area contributed by atoms with Gasteiger partial charge < -0.3 is 5.11 Å². The van der Waals surface area contributed by atoms with Crippen LogP contribution >= 0.6 is 0 Å². The van der Waals surface area contributed by atoms with E-state index in [9.17, 15) is 4.79 Å². The van der Waals surface area contributed by atoms with E-state index in [4.69, 9.17) is 5.11 Å². The van der Waals surface area contributed by atoms with Gasteiger partial charge in [-0.1, -0.05) is 13.8 Å². The zero-order valence-electron chi connectivity index (χ0n) is 10.6. The molecule has 2 heterocycles. The van der Waals surface area contributed by atoms with E-state index in [1.54, 1.807) is 16.9 Å². The molecule has 0 aliphatic rings. The molecule has 2 rings (SSSR count). The van der Waals surface area contributed by atoms with Gasteiger partial charge in [0.25, 0.3) is 0 Å². The topological polar surface area (TPSA) is 68.0 Å². The monoisotopic (exact) mass is 245 g/mol. The van der Waals surface area contributed by atoms with E-state index in [1.165, 1.54) is 6.07 Å². The lowest BCUT2D eigenvalue weighted by Crippen LogP contribution is -2.07. The third-order valence-electron chi connectivity index (χ3n) is 2.63. The first-order valence-corrected chi connectivity index (χ1v) is 5.75. The lowest BCUT2D eigenvalue weighted by atomic mass is 10.1. The number of aromatic carboxylic acids is 1. The van der Waals surface area contributed by atoms with E-state index in [1.807, 2.05) is 26.8 Å². The first kappa shape index (κ1) is 12.3. The molecule has 0 unspecified atom stereocenters. The Kier molecular flexibility index (Phi) is 3.14. The van der Waals surface area contributed by atoms with Gasteiger partial charge in [0.1, 0.15) is 0 Å². The van der Waals surface area contributed by atoms with Crippen molar-refractivity contribution in [3.63, 3.8) is 0 Å². The standard InChI is InChI=1S/C13H15N3O2/c1-8(2)11-6-10(13(17)18)7-12(14-11)16-5-4-9(3)15-16/h4-8H,1-3H3,(H,17,18). The van der Waals surface area contributed by atoms with E-state index < -0.39 is 5.97 Å². The molecule has 0 spiro atoms. The average molecular weight is 245 g/mol. The summed E-state index contributed by atoms with van der Waals surface area (Å²) in [6, 6.07) is 4.98. The summed E-state index contributed by atoms with van der Waals surface area (Å²) in [7, 11) is 0. The van der Waals surface area contributed by atoms with Crippen molar-refractivity contribution in [2.24, 2.45) is 0 Å². The number of carboxylic acids is 1. The fourth-order valence-corrected chi connectivity index (χ4v) is 1.62. The van der Waals surface area contributed by atoms with Crippen LogP contribution in [0.5, 0.6) is 0 Å². The minimum absolute atomic E-state index is 0.166. The first-order valence-electron chi connectivity index (χ1n) is 5.75. The van der Waals surface area contributed by atoms with E-state index in [0.29, 0.717) is 5.82 Å². The highest BCUT2D eigenvalue weighted by Crippen LogP contribution is 2.17. The third kappa shape index (κ3) is 2.40. The predicted molar refractivity (Wildman–Crippen MR) is 67.1 cm³/mol. The summed E-state index contributed by atoms with van der Waals surface area (Å²) in [6.07, 6.45) is 1.77. The zero-order chi connectivity index (χ0) is 13.3. The van der Waals surface area contributed by atoms with Gasteiger partial charge in [0.2, 0.25) is 0 Å². The summed E-state index contributed by atoms with van der Waals surface area (Å²) in [5.41, 5.74) is 1.85. The molecule has 5 heteroatoms. The van der Waals surface area contributed by atoms with Crippen LogP contribution in [-0.4, -0.2) is 25.8 Å². The Bertz CT molecular complexity index is 588. The largest absolute Gasteiger partial charge is 0.478 e. The average Bonchev–Trinajstić information content (AvgIpc) is 2.75. The molecule has 2 aromatic rings. The van der Waals surface area contributed by atoms with Crippen LogP contribution in [0.4, 0.5) is 0 Å². The Labute approximate surface area is 105 Å². The maximum atomic E-state index is 11.1. The lowest BCUT2D eigenvalue weighted by Gasteiger charge is -2.09. The minimum Gasteiger partial charge on any atom is -0.478 e. The Morgan fingerprint density at radius 2 is 2.11 bits per heavy atom. The maximum absolute atomic E-state index is 11.1. The van der Waals surface area contributed by atoms with Crippen LogP contribution in [0.3, 0.4) is 0 Å². The van der Waals surface area contributed by atoms with Crippen LogP contribution in [0, 0.1) is 6.92 Å². The van der Waals surface area contributed by atoms with Crippen LogP contribution in [0.2, 0.25) is 0 Å². The predicted octanol–water partition coefficient (Wildman–Crippen LogP) is 2.40. The highest BCUT2D eigenvalue weighted by atomic mass is 16.4. The molecule has 2 aromatic heterocycles. The number of hydrogen-bond acceptors (Lipinski definition) is 3. The van der Waals surface area contributed by atoms with Crippen molar-refractivity contribution in [1.82, 2.24) is 14.8 Å². The summed E-state index contributed by atoms with van der Waals surface area (Å²) < 4.78 is 1.59. The number of nitrogens with zero attached hydrogens (tertiary/aromatic N) is 3. The van der Waals surface area contributed by atoms with Crippen molar-refractivity contribution >= 4 is 5.97 Å². The molecule has 0 amide bonds. The second-order valence-corrected chi connectivity index (χ2v) is 4.50. The smallest absolute Gasteiger partial charge is 0.335 e. The fourth-order valence-electron chi connectivity index (χ4n) is 1.62. The molecule has 18 heavy (non-hydrogen) atoms. The molecule has 94 valence electrons. The van der Waals surface area contributed by atoms with Crippen molar-refractivity contribution in [1.29, 1.82) is 0 Å². The first-order chi connectivity index (χ1) is 8.47. The number of aryl methyl sites for hydroxylation is 1. The molecule has 1 N–H and O–H groups in total. The zero-order valence-corrected chi connectivity index (χ0v) is 10.6. The van der Waals surface area contributed by atoms with Crippen LogP contribution in [0.1, 0.15) is 41.5 Å². The minimum atomic E-state index is -0.954. The Hall–Kier alpha value is -2.17.